The Kier molecular flexibility index (Phi) is 20.9. The molecule has 0 radical (unpaired) electrons. The Hall–Kier alpha value is -2.77. The third-order valence-corrected chi connectivity index (χ3v) is 8.11. The number of unbranched alkanes of at least 4 members (excludes halogenated alkanes) is 3. The van der Waals surface area contributed by atoms with Gasteiger partial charge in [0.2, 0.25) is 5.91 Å². The second kappa shape index (κ2) is 25.2. The number of halogens is 1. The molecule has 0 bridgehead atoms. The highest BCUT2D eigenvalue weighted by molar-refractivity contribution is 6.17. The number of nitrogens with zero attached hydrogens (tertiary/aromatic N) is 1. The van der Waals surface area contributed by atoms with Gasteiger partial charge in [-0.3, -0.25) is 4.79 Å². The van der Waals surface area contributed by atoms with Crippen molar-refractivity contribution in [2.75, 3.05) is 105 Å². The lowest BCUT2D eigenvalue weighted by Crippen LogP contribution is -2.36. The summed E-state index contributed by atoms with van der Waals surface area (Å²) in [5.41, 5.74) is 4.66. The van der Waals surface area contributed by atoms with Crippen LogP contribution in [-0.4, -0.2) is 127 Å². The molecule has 1 aliphatic rings. The number of hydrogen-bond acceptors (Lipinski definition) is 8. The van der Waals surface area contributed by atoms with Crippen molar-refractivity contribution < 1.29 is 43.1 Å². The maximum Gasteiger partial charge on any atom is 0.407 e. The lowest BCUT2D eigenvalue weighted by molar-refractivity contribution is -0.122. The van der Waals surface area contributed by atoms with Crippen LogP contribution in [0.4, 0.5) is 4.79 Å². The molecular formula is C36H53ClN2O9. The highest BCUT2D eigenvalue weighted by Crippen LogP contribution is 2.44. The standard InChI is InChI=1S/C36H53ClN2O9/c37-14-7-1-2-8-17-43-21-23-45-19-15-38-35(40)13-18-44-22-25-47-27-28-48-26-24-46-20-16-39(36(41)42)29-34-32-11-5-3-9-30(32)31-10-4-6-12-33(31)34/h3-6,9-12,34H,1-2,7-8,13-29H2,(H,38,40)(H,41,42). The average molecular weight is 693 g/mol. The Morgan fingerprint density at radius 3 is 1.73 bits per heavy atom. The first-order valence-corrected chi connectivity index (χ1v) is 17.6. The van der Waals surface area contributed by atoms with Crippen molar-refractivity contribution in [3.8, 4) is 11.1 Å². The van der Waals surface area contributed by atoms with Gasteiger partial charge in [0.05, 0.1) is 72.7 Å². The molecule has 0 saturated heterocycles. The van der Waals surface area contributed by atoms with E-state index in [1.807, 2.05) is 24.3 Å². The van der Waals surface area contributed by atoms with Gasteiger partial charge in [0, 0.05) is 44.5 Å². The predicted molar refractivity (Wildman–Crippen MR) is 185 cm³/mol. The molecule has 0 atom stereocenters. The van der Waals surface area contributed by atoms with Gasteiger partial charge in [0.1, 0.15) is 0 Å². The zero-order valence-electron chi connectivity index (χ0n) is 28.1. The monoisotopic (exact) mass is 692 g/mol. The van der Waals surface area contributed by atoms with Crippen LogP contribution in [0.25, 0.3) is 11.1 Å². The first kappa shape index (κ1) is 39.7. The van der Waals surface area contributed by atoms with Crippen LogP contribution in [-0.2, 0) is 33.2 Å². The van der Waals surface area contributed by atoms with E-state index in [0.717, 1.165) is 49.3 Å². The zero-order valence-corrected chi connectivity index (χ0v) is 28.8. The largest absolute Gasteiger partial charge is 0.465 e. The van der Waals surface area contributed by atoms with E-state index in [-0.39, 0.29) is 31.4 Å². The Balaban J connectivity index is 1.08. The Morgan fingerprint density at radius 1 is 0.646 bits per heavy atom. The highest BCUT2D eigenvalue weighted by Gasteiger charge is 2.30. The van der Waals surface area contributed by atoms with Crippen LogP contribution in [0.15, 0.2) is 48.5 Å². The third-order valence-electron chi connectivity index (χ3n) is 7.84. The van der Waals surface area contributed by atoms with Gasteiger partial charge in [-0.25, -0.2) is 4.79 Å². The molecule has 3 rings (SSSR count). The van der Waals surface area contributed by atoms with E-state index in [0.29, 0.717) is 79.2 Å². The first-order chi connectivity index (χ1) is 23.6. The van der Waals surface area contributed by atoms with Crippen LogP contribution in [0.5, 0.6) is 0 Å². The van der Waals surface area contributed by atoms with Gasteiger partial charge in [0.25, 0.3) is 0 Å². The molecule has 1 aliphatic carbocycles. The second-order valence-electron chi connectivity index (χ2n) is 11.3. The van der Waals surface area contributed by atoms with Gasteiger partial charge >= 0.3 is 6.09 Å². The maximum atomic E-state index is 12.0. The van der Waals surface area contributed by atoms with Crippen molar-refractivity contribution in [2.24, 2.45) is 0 Å². The number of hydrogen-bond donors (Lipinski definition) is 2. The number of rotatable bonds is 29. The molecule has 0 unspecified atom stereocenters. The Bertz CT molecular complexity index is 1130. The number of ether oxygens (including phenoxy) is 6. The van der Waals surface area contributed by atoms with Gasteiger partial charge in [-0.1, -0.05) is 61.4 Å². The molecule has 2 aromatic carbocycles. The molecule has 268 valence electrons. The number of carbonyl (C=O) groups excluding carboxylic acids is 1. The van der Waals surface area contributed by atoms with E-state index in [1.54, 1.807) is 0 Å². The van der Waals surface area contributed by atoms with Crippen molar-refractivity contribution in [2.45, 2.75) is 38.0 Å². The molecule has 0 aliphatic heterocycles. The van der Waals surface area contributed by atoms with Crippen LogP contribution in [0, 0.1) is 0 Å². The SMILES string of the molecule is O=C(CCOCCOCCOCCOCCN(CC1c2ccccc2-c2ccccc21)C(=O)O)NCCOCCOCCCCCCCl. The van der Waals surface area contributed by atoms with E-state index in [4.69, 9.17) is 40.0 Å². The number of nitrogens with one attached hydrogen (secondary N) is 1. The number of carboxylic acid groups (broad SMARTS) is 1. The summed E-state index contributed by atoms with van der Waals surface area (Å²) >= 11 is 5.65. The zero-order chi connectivity index (χ0) is 34.1. The van der Waals surface area contributed by atoms with Crippen molar-refractivity contribution in [3.63, 3.8) is 0 Å². The summed E-state index contributed by atoms with van der Waals surface area (Å²) in [6.45, 7) is 6.37. The number of carbonyl (C=O) groups is 2. The van der Waals surface area contributed by atoms with Crippen molar-refractivity contribution in [1.29, 1.82) is 0 Å². The van der Waals surface area contributed by atoms with E-state index >= 15 is 0 Å². The number of amides is 2. The third kappa shape index (κ3) is 15.6. The molecule has 2 N–H and O–H groups in total. The maximum absolute atomic E-state index is 12.0. The van der Waals surface area contributed by atoms with E-state index in [9.17, 15) is 14.7 Å². The minimum Gasteiger partial charge on any atom is -0.465 e. The number of fused-ring (bicyclic) bond motifs is 3. The molecule has 0 fully saturated rings. The highest BCUT2D eigenvalue weighted by atomic mass is 35.5. The van der Waals surface area contributed by atoms with Gasteiger partial charge in [-0.2, -0.15) is 0 Å². The molecule has 11 nitrogen and oxygen atoms in total. The summed E-state index contributed by atoms with van der Waals surface area (Å²) in [6, 6.07) is 16.4. The molecule has 0 aromatic heterocycles. The Morgan fingerprint density at radius 2 is 1.15 bits per heavy atom. The van der Waals surface area contributed by atoms with Crippen molar-refractivity contribution in [3.05, 3.63) is 59.7 Å². The summed E-state index contributed by atoms with van der Waals surface area (Å²) in [5, 5.41) is 12.6. The fourth-order valence-electron chi connectivity index (χ4n) is 5.37. The lowest BCUT2D eigenvalue weighted by Gasteiger charge is -2.24. The van der Waals surface area contributed by atoms with Gasteiger partial charge in [0.15, 0.2) is 0 Å². The van der Waals surface area contributed by atoms with Crippen LogP contribution in [0.1, 0.15) is 49.1 Å². The van der Waals surface area contributed by atoms with Gasteiger partial charge < -0.3 is 43.7 Å². The second-order valence-corrected chi connectivity index (χ2v) is 11.7. The van der Waals surface area contributed by atoms with Gasteiger partial charge in [-0.15, -0.1) is 11.6 Å². The first-order valence-electron chi connectivity index (χ1n) is 17.1. The minimum absolute atomic E-state index is 0.000473. The lowest BCUT2D eigenvalue weighted by atomic mass is 9.96. The number of benzene rings is 2. The normalized spacial score (nSPS) is 12.2. The summed E-state index contributed by atoms with van der Waals surface area (Å²) in [7, 11) is 0. The minimum atomic E-state index is -0.958. The molecule has 0 heterocycles. The average Bonchev–Trinajstić information content (AvgIpc) is 3.41. The Labute approximate surface area is 290 Å². The topological polar surface area (TPSA) is 125 Å². The smallest absolute Gasteiger partial charge is 0.407 e. The van der Waals surface area contributed by atoms with E-state index < -0.39 is 6.09 Å². The van der Waals surface area contributed by atoms with Crippen molar-refractivity contribution >= 4 is 23.6 Å². The van der Waals surface area contributed by atoms with Gasteiger partial charge in [-0.05, 0) is 35.1 Å². The summed E-state index contributed by atoms with van der Waals surface area (Å²) in [4.78, 5) is 25.3. The molecule has 2 amide bonds. The molecule has 48 heavy (non-hydrogen) atoms. The fourth-order valence-corrected chi connectivity index (χ4v) is 5.56. The summed E-state index contributed by atoms with van der Waals surface area (Å²) in [5.74, 6) is 0.643. The van der Waals surface area contributed by atoms with E-state index in [2.05, 4.69) is 29.6 Å². The van der Waals surface area contributed by atoms with Crippen LogP contribution >= 0.6 is 11.6 Å². The molecule has 12 heteroatoms. The summed E-state index contributed by atoms with van der Waals surface area (Å²) in [6.07, 6.45) is 3.70. The molecule has 0 saturated carbocycles. The molecular weight excluding hydrogens is 640 g/mol. The number of alkyl halides is 1. The van der Waals surface area contributed by atoms with Crippen LogP contribution < -0.4 is 5.32 Å². The quantitative estimate of drug-likeness (QED) is 0.0876. The van der Waals surface area contributed by atoms with Crippen LogP contribution in [0.3, 0.4) is 0 Å². The fraction of sp³-hybridized carbons (Fsp3) is 0.611. The predicted octanol–water partition coefficient (Wildman–Crippen LogP) is 5.18. The molecule has 0 spiro atoms. The summed E-state index contributed by atoms with van der Waals surface area (Å²) < 4.78 is 33.1. The van der Waals surface area contributed by atoms with Crippen LogP contribution in [0.2, 0.25) is 0 Å². The molecule has 2 aromatic rings. The van der Waals surface area contributed by atoms with E-state index in [1.165, 1.54) is 16.0 Å². The van der Waals surface area contributed by atoms with Crippen molar-refractivity contribution in [1.82, 2.24) is 10.2 Å².